The monoisotopic (exact) mass is 383 g/mol. The Bertz CT molecular complexity index is 706. The number of benzene rings is 1. The third-order valence-corrected chi connectivity index (χ3v) is 3.62. The van der Waals surface area contributed by atoms with Gasteiger partial charge in [-0.15, -0.1) is 0 Å². The van der Waals surface area contributed by atoms with Gasteiger partial charge in [0.2, 0.25) is 0 Å². The molecule has 0 aliphatic carbocycles. The van der Waals surface area contributed by atoms with Gasteiger partial charge in [-0.2, -0.15) is 0 Å². The highest BCUT2D eigenvalue weighted by molar-refractivity contribution is 9.10. The Labute approximate surface area is 144 Å². The molecule has 0 N–H and O–H groups in total. The molecule has 0 aliphatic rings. The van der Waals surface area contributed by atoms with E-state index in [1.54, 1.807) is 14.2 Å². The van der Waals surface area contributed by atoms with Crippen molar-refractivity contribution in [3.8, 4) is 0 Å². The van der Waals surface area contributed by atoms with E-state index in [0.717, 1.165) is 21.3 Å². The highest BCUT2D eigenvalue weighted by Crippen LogP contribution is 2.22. The minimum atomic E-state index is -0.525. The maximum atomic E-state index is 12.1. The van der Waals surface area contributed by atoms with Crippen LogP contribution in [0, 0.1) is 0 Å². The van der Waals surface area contributed by atoms with Crippen molar-refractivity contribution in [3.05, 3.63) is 28.5 Å². The standard InChI is InChI=1S/C16H22BrN3O3/c1-16(2,3)23-15(21)19(4)9-14-18-12-8-11(17)6-7-13(12)20(14)10-22-5/h6-8H,9-10H2,1-5H3. The molecule has 0 radical (unpaired) electrons. The van der Waals surface area contributed by atoms with E-state index in [2.05, 4.69) is 20.9 Å². The lowest BCUT2D eigenvalue weighted by Crippen LogP contribution is -2.34. The van der Waals surface area contributed by atoms with Gasteiger partial charge in [-0.3, -0.25) is 0 Å². The molecule has 23 heavy (non-hydrogen) atoms. The Morgan fingerprint density at radius 1 is 1.39 bits per heavy atom. The Kier molecular flexibility index (Phi) is 5.31. The SMILES string of the molecule is COCn1c(CN(C)C(=O)OC(C)(C)C)nc2cc(Br)ccc21. The summed E-state index contributed by atoms with van der Waals surface area (Å²) in [6.07, 6.45) is -0.380. The van der Waals surface area contributed by atoms with Crippen LogP contribution >= 0.6 is 15.9 Å². The summed E-state index contributed by atoms with van der Waals surface area (Å²) >= 11 is 3.45. The fourth-order valence-electron chi connectivity index (χ4n) is 2.16. The number of halogens is 1. The van der Waals surface area contributed by atoms with E-state index in [1.165, 1.54) is 4.90 Å². The van der Waals surface area contributed by atoms with Gasteiger partial charge < -0.3 is 18.9 Å². The maximum Gasteiger partial charge on any atom is 0.410 e. The molecule has 0 aliphatic heterocycles. The average Bonchev–Trinajstić information content (AvgIpc) is 2.74. The van der Waals surface area contributed by atoms with E-state index < -0.39 is 5.60 Å². The van der Waals surface area contributed by atoms with Crippen molar-refractivity contribution in [3.63, 3.8) is 0 Å². The molecule has 126 valence electrons. The van der Waals surface area contributed by atoms with Crippen LogP contribution in [0.15, 0.2) is 22.7 Å². The summed E-state index contributed by atoms with van der Waals surface area (Å²) in [5.74, 6) is 0.744. The van der Waals surface area contributed by atoms with Gasteiger partial charge in [0.25, 0.3) is 0 Å². The number of hydrogen-bond donors (Lipinski definition) is 0. The van der Waals surface area contributed by atoms with Crippen molar-refractivity contribution in [2.45, 2.75) is 39.6 Å². The second kappa shape index (κ2) is 6.88. The summed E-state index contributed by atoms with van der Waals surface area (Å²) in [5, 5.41) is 0. The number of nitrogens with zero attached hydrogens (tertiary/aromatic N) is 3. The maximum absolute atomic E-state index is 12.1. The topological polar surface area (TPSA) is 56.6 Å². The van der Waals surface area contributed by atoms with Gasteiger partial charge >= 0.3 is 6.09 Å². The molecule has 0 bridgehead atoms. The number of imidazole rings is 1. The van der Waals surface area contributed by atoms with Crippen LogP contribution in [0.25, 0.3) is 11.0 Å². The first-order chi connectivity index (χ1) is 10.7. The molecule has 0 fully saturated rings. The van der Waals surface area contributed by atoms with Crippen LogP contribution in [0.2, 0.25) is 0 Å². The van der Waals surface area contributed by atoms with Crippen molar-refractivity contribution >= 4 is 33.1 Å². The second-order valence-corrected chi connectivity index (χ2v) is 7.26. The summed E-state index contributed by atoms with van der Waals surface area (Å²) in [6, 6.07) is 5.87. The van der Waals surface area contributed by atoms with Crippen LogP contribution in [-0.4, -0.2) is 40.3 Å². The first kappa shape index (κ1) is 17.7. The lowest BCUT2D eigenvalue weighted by Gasteiger charge is -2.24. The fourth-order valence-corrected chi connectivity index (χ4v) is 2.51. The Balaban J connectivity index is 2.28. The number of ether oxygens (including phenoxy) is 2. The summed E-state index contributed by atoms with van der Waals surface area (Å²) in [5.41, 5.74) is 1.29. The minimum Gasteiger partial charge on any atom is -0.444 e. The average molecular weight is 384 g/mol. The molecule has 1 aromatic carbocycles. The Hall–Kier alpha value is -1.60. The molecule has 7 heteroatoms. The van der Waals surface area contributed by atoms with Crippen molar-refractivity contribution in [2.75, 3.05) is 14.2 Å². The van der Waals surface area contributed by atoms with Crippen LogP contribution in [0.4, 0.5) is 4.79 Å². The van der Waals surface area contributed by atoms with Gasteiger partial charge in [0.15, 0.2) is 0 Å². The molecular weight excluding hydrogens is 362 g/mol. The predicted molar refractivity (Wildman–Crippen MR) is 92.1 cm³/mol. The number of methoxy groups -OCH3 is 1. The molecule has 2 aromatic rings. The molecule has 6 nitrogen and oxygen atoms in total. The van der Waals surface area contributed by atoms with E-state index in [1.807, 2.05) is 43.5 Å². The van der Waals surface area contributed by atoms with Gasteiger partial charge in [-0.25, -0.2) is 9.78 Å². The molecule has 2 rings (SSSR count). The van der Waals surface area contributed by atoms with Crippen LogP contribution in [0.5, 0.6) is 0 Å². The molecule has 0 unspecified atom stereocenters. The number of carbonyl (C=O) groups is 1. The zero-order chi connectivity index (χ0) is 17.2. The van der Waals surface area contributed by atoms with Crippen LogP contribution in [-0.2, 0) is 22.7 Å². The third kappa shape index (κ3) is 4.45. The zero-order valence-electron chi connectivity index (χ0n) is 14.1. The summed E-state index contributed by atoms with van der Waals surface area (Å²) in [6.45, 7) is 6.24. The Morgan fingerprint density at radius 2 is 2.09 bits per heavy atom. The molecule has 1 heterocycles. The Morgan fingerprint density at radius 3 is 2.70 bits per heavy atom. The smallest absolute Gasteiger partial charge is 0.410 e. The molecule has 1 aromatic heterocycles. The van der Waals surface area contributed by atoms with E-state index in [4.69, 9.17) is 9.47 Å². The number of hydrogen-bond acceptors (Lipinski definition) is 4. The van der Waals surface area contributed by atoms with Crippen LogP contribution in [0.3, 0.4) is 0 Å². The second-order valence-electron chi connectivity index (χ2n) is 6.34. The van der Waals surface area contributed by atoms with Gasteiger partial charge in [-0.05, 0) is 39.0 Å². The van der Waals surface area contributed by atoms with E-state index >= 15 is 0 Å². The fraction of sp³-hybridized carbons (Fsp3) is 0.500. The van der Waals surface area contributed by atoms with Gasteiger partial charge in [-0.1, -0.05) is 15.9 Å². The van der Waals surface area contributed by atoms with Gasteiger partial charge in [0.1, 0.15) is 18.2 Å². The lowest BCUT2D eigenvalue weighted by molar-refractivity contribution is 0.0275. The molecule has 0 saturated heterocycles. The highest BCUT2D eigenvalue weighted by atomic mass is 79.9. The molecular formula is C16H22BrN3O3. The number of fused-ring (bicyclic) bond motifs is 1. The first-order valence-electron chi connectivity index (χ1n) is 7.29. The predicted octanol–water partition coefficient (Wildman–Crippen LogP) is 3.77. The van der Waals surface area contributed by atoms with Crippen molar-refractivity contribution < 1.29 is 14.3 Å². The normalized spacial score (nSPS) is 11.7. The summed E-state index contributed by atoms with van der Waals surface area (Å²) < 4.78 is 13.5. The number of aromatic nitrogens is 2. The van der Waals surface area contributed by atoms with Crippen LogP contribution in [0.1, 0.15) is 26.6 Å². The third-order valence-electron chi connectivity index (χ3n) is 3.13. The number of rotatable bonds is 4. The van der Waals surface area contributed by atoms with E-state index in [-0.39, 0.29) is 6.09 Å². The minimum absolute atomic E-state index is 0.338. The summed E-state index contributed by atoms with van der Waals surface area (Å²) in [4.78, 5) is 18.3. The van der Waals surface area contributed by atoms with Crippen LogP contribution < -0.4 is 0 Å². The zero-order valence-corrected chi connectivity index (χ0v) is 15.7. The van der Waals surface area contributed by atoms with Gasteiger partial charge in [0.05, 0.1) is 17.6 Å². The highest BCUT2D eigenvalue weighted by Gasteiger charge is 2.21. The largest absolute Gasteiger partial charge is 0.444 e. The van der Waals surface area contributed by atoms with E-state index in [9.17, 15) is 4.79 Å². The van der Waals surface area contributed by atoms with E-state index in [0.29, 0.717) is 13.3 Å². The van der Waals surface area contributed by atoms with Crippen molar-refractivity contribution in [1.29, 1.82) is 0 Å². The number of amides is 1. The van der Waals surface area contributed by atoms with Crippen molar-refractivity contribution in [2.24, 2.45) is 0 Å². The van der Waals surface area contributed by atoms with Crippen molar-refractivity contribution in [1.82, 2.24) is 14.5 Å². The molecule has 0 spiro atoms. The quantitative estimate of drug-likeness (QED) is 0.805. The first-order valence-corrected chi connectivity index (χ1v) is 8.08. The lowest BCUT2D eigenvalue weighted by atomic mass is 10.2. The van der Waals surface area contributed by atoms with Gasteiger partial charge in [0, 0.05) is 18.6 Å². The molecule has 0 atom stereocenters. The molecule has 1 amide bonds. The summed E-state index contributed by atoms with van der Waals surface area (Å²) in [7, 11) is 3.33. The molecule has 0 saturated carbocycles. The number of carbonyl (C=O) groups excluding carboxylic acids is 1.